The lowest BCUT2D eigenvalue weighted by Crippen LogP contribution is -2.26. The van der Waals surface area contributed by atoms with E-state index < -0.39 is 0 Å². The second kappa shape index (κ2) is 6.00. The Labute approximate surface area is 136 Å². The van der Waals surface area contributed by atoms with Gasteiger partial charge in [0.2, 0.25) is 0 Å². The zero-order chi connectivity index (χ0) is 14.8. The first-order valence-corrected chi connectivity index (χ1v) is 7.72. The molecular formula is C16H13BrClN3. The number of nitrogens with two attached hydrogens (primary N) is 1. The van der Waals surface area contributed by atoms with E-state index in [-0.39, 0.29) is 5.92 Å². The molecule has 0 radical (unpaired) electrons. The first kappa shape index (κ1) is 14.3. The number of rotatable bonds is 2. The van der Waals surface area contributed by atoms with E-state index >= 15 is 0 Å². The molecule has 3 nitrogen and oxygen atoms in total. The molecule has 3 rings (SSSR count). The van der Waals surface area contributed by atoms with Gasteiger partial charge in [-0.2, -0.15) is 5.10 Å². The van der Waals surface area contributed by atoms with Gasteiger partial charge >= 0.3 is 0 Å². The van der Waals surface area contributed by atoms with Crippen LogP contribution in [-0.2, 0) is 0 Å². The van der Waals surface area contributed by atoms with Crippen LogP contribution in [0.1, 0.15) is 23.5 Å². The Morgan fingerprint density at radius 3 is 2.57 bits per heavy atom. The van der Waals surface area contributed by atoms with Crippen LogP contribution in [-0.4, -0.2) is 11.5 Å². The predicted molar refractivity (Wildman–Crippen MR) is 91.1 cm³/mol. The van der Waals surface area contributed by atoms with Crippen molar-refractivity contribution < 1.29 is 0 Å². The van der Waals surface area contributed by atoms with Gasteiger partial charge in [-0.3, -0.25) is 0 Å². The van der Waals surface area contributed by atoms with Crippen molar-refractivity contribution in [1.29, 1.82) is 0 Å². The van der Waals surface area contributed by atoms with Crippen LogP contribution in [0.2, 0.25) is 5.02 Å². The molecule has 2 aromatic rings. The molecule has 2 N–H and O–H groups in total. The second-order valence-corrected chi connectivity index (χ2v) is 6.16. The average Bonchev–Trinajstić information content (AvgIpc) is 2.49. The highest BCUT2D eigenvalue weighted by atomic mass is 79.9. The van der Waals surface area contributed by atoms with Crippen molar-refractivity contribution in [3.63, 3.8) is 0 Å². The van der Waals surface area contributed by atoms with Crippen molar-refractivity contribution in [3.8, 4) is 0 Å². The molecule has 1 heterocycles. The number of halogens is 2. The first-order chi connectivity index (χ1) is 10.1. The summed E-state index contributed by atoms with van der Waals surface area (Å²) >= 11 is 9.57. The van der Waals surface area contributed by atoms with E-state index in [1.54, 1.807) is 0 Å². The van der Waals surface area contributed by atoms with E-state index in [1.807, 2.05) is 36.4 Å². The van der Waals surface area contributed by atoms with Crippen LogP contribution in [0.4, 0.5) is 0 Å². The number of benzene rings is 2. The molecule has 0 spiro atoms. The van der Waals surface area contributed by atoms with Crippen molar-refractivity contribution in [2.45, 2.75) is 12.3 Å². The highest BCUT2D eigenvalue weighted by molar-refractivity contribution is 9.10. The number of nitrogens with zero attached hydrogens (tertiary/aromatic N) is 2. The maximum Gasteiger partial charge on any atom is 0.123 e. The lowest BCUT2D eigenvalue weighted by molar-refractivity contribution is 0.886. The third kappa shape index (κ3) is 3.01. The van der Waals surface area contributed by atoms with Crippen molar-refractivity contribution in [3.05, 3.63) is 69.2 Å². The van der Waals surface area contributed by atoms with Crippen LogP contribution in [0, 0.1) is 0 Å². The topological polar surface area (TPSA) is 50.7 Å². The van der Waals surface area contributed by atoms with Crippen LogP contribution in [0.3, 0.4) is 0 Å². The van der Waals surface area contributed by atoms with Gasteiger partial charge in [-0.1, -0.05) is 63.9 Å². The Morgan fingerprint density at radius 2 is 1.86 bits per heavy atom. The fourth-order valence-electron chi connectivity index (χ4n) is 2.43. The van der Waals surface area contributed by atoms with E-state index in [1.165, 1.54) is 5.56 Å². The minimum Gasteiger partial charge on any atom is -0.386 e. The quantitative estimate of drug-likeness (QED) is 0.848. The third-order valence-corrected chi connectivity index (χ3v) is 4.33. The lowest BCUT2D eigenvalue weighted by Gasteiger charge is -2.22. The summed E-state index contributed by atoms with van der Waals surface area (Å²) in [5.41, 5.74) is 8.94. The smallest absolute Gasteiger partial charge is 0.123 e. The van der Waals surface area contributed by atoms with Gasteiger partial charge in [-0.05, 0) is 17.7 Å². The van der Waals surface area contributed by atoms with E-state index in [0.717, 1.165) is 15.7 Å². The van der Waals surface area contributed by atoms with Gasteiger partial charge in [-0.15, -0.1) is 5.10 Å². The molecule has 0 amide bonds. The van der Waals surface area contributed by atoms with E-state index in [9.17, 15) is 0 Å². The van der Waals surface area contributed by atoms with Crippen LogP contribution in [0.25, 0.3) is 0 Å². The van der Waals surface area contributed by atoms with Crippen LogP contribution in [0.15, 0.2) is 63.2 Å². The Morgan fingerprint density at radius 1 is 1.10 bits per heavy atom. The molecule has 1 unspecified atom stereocenters. The van der Waals surface area contributed by atoms with Crippen molar-refractivity contribution in [1.82, 2.24) is 0 Å². The highest BCUT2D eigenvalue weighted by Crippen LogP contribution is 2.32. The number of hydrogen-bond acceptors (Lipinski definition) is 3. The molecule has 1 aliphatic heterocycles. The molecule has 1 atom stereocenters. The van der Waals surface area contributed by atoms with Crippen molar-refractivity contribution in [2.75, 3.05) is 0 Å². The second-order valence-electron chi connectivity index (χ2n) is 4.87. The highest BCUT2D eigenvalue weighted by Gasteiger charge is 2.25. The molecule has 0 bridgehead atoms. The van der Waals surface area contributed by atoms with Gasteiger partial charge in [0.25, 0.3) is 0 Å². The zero-order valence-corrected chi connectivity index (χ0v) is 13.5. The van der Waals surface area contributed by atoms with Crippen LogP contribution < -0.4 is 5.73 Å². The minimum atomic E-state index is 0.0983. The molecule has 0 saturated carbocycles. The van der Waals surface area contributed by atoms with E-state index in [0.29, 0.717) is 17.3 Å². The summed E-state index contributed by atoms with van der Waals surface area (Å²) in [6.45, 7) is 0. The predicted octanol–water partition coefficient (Wildman–Crippen LogP) is 4.35. The minimum absolute atomic E-state index is 0.0983. The largest absolute Gasteiger partial charge is 0.386 e. The lowest BCUT2D eigenvalue weighted by atomic mass is 9.86. The monoisotopic (exact) mass is 361 g/mol. The maximum absolute atomic E-state index is 6.02. The molecule has 106 valence electrons. The Hall–Kier alpha value is -1.65. The van der Waals surface area contributed by atoms with E-state index in [4.69, 9.17) is 17.3 Å². The standard InChI is InChI=1S/C16H13BrClN3/c17-14-8-11(18)6-7-12(14)16-13(9-15(19)20-21-16)10-4-2-1-3-5-10/h1-8,13H,9H2,(H2,19,20). The fraction of sp³-hybridized carbons (Fsp3) is 0.125. The molecule has 21 heavy (non-hydrogen) atoms. The summed E-state index contributed by atoms with van der Waals surface area (Å²) in [5, 5.41) is 9.07. The van der Waals surface area contributed by atoms with E-state index in [2.05, 4.69) is 38.3 Å². The third-order valence-electron chi connectivity index (χ3n) is 3.44. The molecule has 5 heteroatoms. The summed E-state index contributed by atoms with van der Waals surface area (Å²) in [5.74, 6) is 0.652. The Kier molecular flexibility index (Phi) is 4.08. The molecule has 0 aromatic heterocycles. The molecule has 1 aliphatic rings. The van der Waals surface area contributed by atoms with Gasteiger partial charge in [0, 0.05) is 27.4 Å². The molecule has 0 aliphatic carbocycles. The molecular weight excluding hydrogens is 350 g/mol. The maximum atomic E-state index is 6.02. The van der Waals surface area contributed by atoms with Crippen LogP contribution in [0.5, 0.6) is 0 Å². The summed E-state index contributed by atoms with van der Waals surface area (Å²) in [6.07, 6.45) is 0.665. The summed E-state index contributed by atoms with van der Waals surface area (Å²) in [4.78, 5) is 0. The fourth-order valence-corrected chi connectivity index (χ4v) is 3.32. The average molecular weight is 363 g/mol. The van der Waals surface area contributed by atoms with Crippen LogP contribution >= 0.6 is 27.5 Å². The summed E-state index contributed by atoms with van der Waals surface area (Å²) < 4.78 is 0.908. The SMILES string of the molecule is NC1=NN=C(c2ccc(Cl)cc2Br)C(c2ccccc2)C1. The van der Waals surface area contributed by atoms with Gasteiger partial charge in [0.05, 0.1) is 5.71 Å². The van der Waals surface area contributed by atoms with Gasteiger partial charge < -0.3 is 5.73 Å². The van der Waals surface area contributed by atoms with Gasteiger partial charge in [0.15, 0.2) is 0 Å². The van der Waals surface area contributed by atoms with Crippen molar-refractivity contribution >= 4 is 39.1 Å². The van der Waals surface area contributed by atoms with Crippen molar-refractivity contribution in [2.24, 2.45) is 15.9 Å². The number of hydrogen-bond donors (Lipinski definition) is 1. The molecule has 0 saturated heterocycles. The first-order valence-electron chi connectivity index (χ1n) is 6.55. The zero-order valence-electron chi connectivity index (χ0n) is 11.1. The Balaban J connectivity index is 2.08. The van der Waals surface area contributed by atoms with Gasteiger partial charge in [0.1, 0.15) is 5.84 Å². The molecule has 0 fully saturated rings. The van der Waals surface area contributed by atoms with Gasteiger partial charge in [-0.25, -0.2) is 0 Å². The summed E-state index contributed by atoms with van der Waals surface area (Å²) in [6, 6.07) is 15.9. The molecule has 2 aromatic carbocycles. The number of amidine groups is 1. The summed E-state index contributed by atoms with van der Waals surface area (Å²) in [7, 11) is 0. The normalized spacial score (nSPS) is 18.1. The Bertz CT molecular complexity index is 726.